The molecule has 0 N–H and O–H groups in total. The molecule has 0 atom stereocenters. The van der Waals surface area contributed by atoms with Gasteiger partial charge in [-0.15, -0.1) is 0 Å². The van der Waals surface area contributed by atoms with E-state index in [4.69, 9.17) is 15.2 Å². The van der Waals surface area contributed by atoms with Crippen molar-refractivity contribution in [3.05, 3.63) is 24.1 Å². The number of hydrogen-bond donors (Lipinski definition) is 0. The Balaban J connectivity index is 2.21. The molecule has 0 bridgehead atoms. The van der Waals surface area contributed by atoms with E-state index in [2.05, 4.69) is 15.2 Å². The quantitative estimate of drug-likeness (QED) is 0.750. The van der Waals surface area contributed by atoms with Crippen molar-refractivity contribution in [1.82, 2.24) is 19.9 Å². The monoisotopic (exact) mass is 262 g/mol. The molecular weight excluding hydrogens is 256 g/mol. The van der Waals surface area contributed by atoms with Gasteiger partial charge in [0.05, 0.1) is 6.20 Å². The normalized spacial score (nSPS) is 11.9. The van der Waals surface area contributed by atoms with Crippen LogP contribution in [0, 0.1) is 6.92 Å². The van der Waals surface area contributed by atoms with Gasteiger partial charge in [0, 0.05) is 16.9 Å². The first-order chi connectivity index (χ1) is 7.45. The van der Waals surface area contributed by atoms with Crippen molar-refractivity contribution in [3.8, 4) is 0 Å². The van der Waals surface area contributed by atoms with Gasteiger partial charge < -0.3 is 4.52 Å². The highest BCUT2D eigenvalue weighted by molar-refractivity contribution is 8.13. The van der Waals surface area contributed by atoms with Crippen LogP contribution in [0.5, 0.6) is 0 Å². The van der Waals surface area contributed by atoms with Crippen LogP contribution in [-0.4, -0.2) is 28.3 Å². The Morgan fingerprint density at radius 2 is 2.31 bits per heavy atom. The zero-order valence-corrected chi connectivity index (χ0v) is 9.73. The molecule has 0 radical (unpaired) electrons. The smallest absolute Gasteiger partial charge is 0.264 e. The van der Waals surface area contributed by atoms with E-state index >= 15 is 0 Å². The highest BCUT2D eigenvalue weighted by Crippen LogP contribution is 2.13. The first-order valence-electron chi connectivity index (χ1n) is 4.21. The van der Waals surface area contributed by atoms with Gasteiger partial charge in [-0.2, -0.15) is 10.1 Å². The number of aromatic nitrogens is 4. The summed E-state index contributed by atoms with van der Waals surface area (Å²) in [4.78, 5) is 3.89. The van der Waals surface area contributed by atoms with Gasteiger partial charge in [0.25, 0.3) is 9.05 Å². The summed E-state index contributed by atoms with van der Waals surface area (Å²) >= 11 is 0. The van der Waals surface area contributed by atoms with Crippen LogP contribution in [0.3, 0.4) is 0 Å². The summed E-state index contributed by atoms with van der Waals surface area (Å²) in [6.45, 7) is 1.89. The van der Waals surface area contributed by atoms with Crippen LogP contribution in [0.1, 0.15) is 11.7 Å². The van der Waals surface area contributed by atoms with Crippen LogP contribution in [0.2, 0.25) is 0 Å². The molecule has 2 aromatic heterocycles. The first kappa shape index (κ1) is 11.1. The summed E-state index contributed by atoms with van der Waals surface area (Å²) in [5, 5.41) is 7.41. The maximum Gasteiger partial charge on any atom is 0.264 e. The molecule has 9 heteroatoms. The minimum atomic E-state index is -3.75. The molecular formula is C7H7ClN4O3S. The molecule has 0 saturated carbocycles. The van der Waals surface area contributed by atoms with Crippen LogP contribution in [0.25, 0.3) is 0 Å². The lowest BCUT2D eigenvalue weighted by Gasteiger charge is -1.93. The molecule has 0 spiro atoms. The summed E-state index contributed by atoms with van der Waals surface area (Å²) < 4.78 is 28.1. The molecule has 86 valence electrons. The Labute approximate surface area is 95.4 Å². The number of rotatable bonds is 3. The largest absolute Gasteiger partial charge is 0.337 e. The average Bonchev–Trinajstić information content (AvgIpc) is 2.74. The number of aryl methyl sites for hydroxylation is 1. The molecule has 0 aromatic carbocycles. The van der Waals surface area contributed by atoms with E-state index in [9.17, 15) is 8.42 Å². The maximum absolute atomic E-state index is 11.0. The molecule has 0 unspecified atom stereocenters. The Hall–Kier alpha value is -1.41. The maximum atomic E-state index is 11.0. The average molecular weight is 263 g/mol. The van der Waals surface area contributed by atoms with E-state index in [1.807, 2.05) is 0 Å². The number of nitrogens with zero attached hydrogens (tertiary/aromatic N) is 4. The van der Waals surface area contributed by atoms with E-state index in [0.717, 1.165) is 6.20 Å². The minimum Gasteiger partial charge on any atom is -0.337 e. The number of hydrogen-bond acceptors (Lipinski definition) is 6. The fourth-order valence-electron chi connectivity index (χ4n) is 1.10. The van der Waals surface area contributed by atoms with Gasteiger partial charge >= 0.3 is 0 Å². The second-order valence-corrected chi connectivity index (χ2v) is 5.61. The van der Waals surface area contributed by atoms with Crippen molar-refractivity contribution < 1.29 is 12.9 Å². The van der Waals surface area contributed by atoms with Crippen molar-refractivity contribution in [3.63, 3.8) is 0 Å². The summed E-state index contributed by atoms with van der Waals surface area (Å²) in [6, 6.07) is 0. The van der Waals surface area contributed by atoms with Crippen molar-refractivity contribution in [1.29, 1.82) is 0 Å². The molecule has 0 aliphatic rings. The van der Waals surface area contributed by atoms with Crippen molar-refractivity contribution >= 4 is 19.7 Å². The van der Waals surface area contributed by atoms with Gasteiger partial charge in [0.2, 0.25) is 5.89 Å². The molecule has 0 amide bonds. The Kier molecular flexibility index (Phi) is 2.68. The predicted octanol–water partition coefficient (Wildman–Crippen LogP) is 0.550. The minimum absolute atomic E-state index is 0.0644. The zero-order valence-electron chi connectivity index (χ0n) is 8.16. The zero-order chi connectivity index (χ0) is 11.8. The molecule has 0 saturated heterocycles. The van der Waals surface area contributed by atoms with E-state index in [0.29, 0.717) is 11.7 Å². The first-order valence-corrected chi connectivity index (χ1v) is 6.52. The summed E-state index contributed by atoms with van der Waals surface area (Å²) in [6.07, 6.45) is 2.45. The molecule has 2 rings (SSSR count). The van der Waals surface area contributed by atoms with Crippen LogP contribution in [-0.2, 0) is 15.6 Å². The lowest BCUT2D eigenvalue weighted by atomic mass is 10.6. The van der Waals surface area contributed by atoms with Crippen LogP contribution in [0.4, 0.5) is 0 Å². The fourth-order valence-corrected chi connectivity index (χ4v) is 1.76. The second kappa shape index (κ2) is 3.87. The Bertz CT molecular complexity index is 603. The van der Waals surface area contributed by atoms with Gasteiger partial charge in [-0.1, -0.05) is 5.16 Å². The molecule has 0 aliphatic heterocycles. The second-order valence-electron chi connectivity index (χ2n) is 3.05. The van der Waals surface area contributed by atoms with Crippen LogP contribution >= 0.6 is 10.7 Å². The van der Waals surface area contributed by atoms with Crippen molar-refractivity contribution in [2.45, 2.75) is 18.4 Å². The fraction of sp³-hybridized carbons (Fsp3) is 0.286. The van der Waals surface area contributed by atoms with Gasteiger partial charge in [0.15, 0.2) is 5.82 Å². The lowest BCUT2D eigenvalue weighted by molar-refractivity contribution is 0.362. The number of halogens is 1. The van der Waals surface area contributed by atoms with Gasteiger partial charge in [-0.05, 0) is 6.92 Å². The van der Waals surface area contributed by atoms with E-state index in [-0.39, 0.29) is 11.4 Å². The topological polar surface area (TPSA) is 90.9 Å². The highest BCUT2D eigenvalue weighted by atomic mass is 35.7. The lowest BCUT2D eigenvalue weighted by Crippen LogP contribution is -2.00. The summed E-state index contributed by atoms with van der Waals surface area (Å²) in [5.41, 5.74) is 0. The third kappa shape index (κ3) is 2.39. The third-order valence-corrected chi connectivity index (χ3v) is 3.07. The van der Waals surface area contributed by atoms with Gasteiger partial charge in [-0.25, -0.2) is 8.42 Å². The SMILES string of the molecule is Cc1noc(Cn2cc(S(=O)(=O)Cl)cn2)n1. The molecule has 7 nitrogen and oxygen atoms in total. The molecule has 2 heterocycles. The summed E-state index contributed by atoms with van der Waals surface area (Å²) in [5.74, 6) is 0.853. The van der Waals surface area contributed by atoms with Crippen molar-refractivity contribution in [2.75, 3.05) is 0 Å². The van der Waals surface area contributed by atoms with E-state index < -0.39 is 9.05 Å². The predicted molar refractivity (Wildman–Crippen MR) is 53.4 cm³/mol. The molecule has 0 fully saturated rings. The van der Waals surface area contributed by atoms with Crippen molar-refractivity contribution in [2.24, 2.45) is 0 Å². The molecule has 0 aliphatic carbocycles. The third-order valence-electron chi connectivity index (χ3n) is 1.76. The summed E-state index contributed by atoms with van der Waals surface area (Å²) in [7, 11) is 1.40. The van der Waals surface area contributed by atoms with Crippen LogP contribution < -0.4 is 0 Å². The van der Waals surface area contributed by atoms with E-state index in [1.165, 1.54) is 10.9 Å². The molecule has 16 heavy (non-hydrogen) atoms. The Morgan fingerprint density at radius 1 is 1.56 bits per heavy atom. The van der Waals surface area contributed by atoms with E-state index in [1.54, 1.807) is 6.92 Å². The van der Waals surface area contributed by atoms with Crippen LogP contribution in [0.15, 0.2) is 21.8 Å². The highest BCUT2D eigenvalue weighted by Gasteiger charge is 2.13. The van der Waals surface area contributed by atoms with Gasteiger partial charge in [-0.3, -0.25) is 4.68 Å². The standard InChI is InChI=1S/C7H7ClN4O3S/c1-5-10-7(15-11-5)4-12-3-6(2-9-12)16(8,13)14/h2-3H,4H2,1H3. The Morgan fingerprint density at radius 3 is 2.81 bits per heavy atom. The molecule has 2 aromatic rings. The van der Waals surface area contributed by atoms with Gasteiger partial charge in [0.1, 0.15) is 11.4 Å².